The van der Waals surface area contributed by atoms with Crippen molar-refractivity contribution in [1.29, 1.82) is 0 Å². The molecule has 5 unspecified atom stereocenters. The third kappa shape index (κ3) is 5.39. The maximum Gasteiger partial charge on any atom is 0.187 e. The van der Waals surface area contributed by atoms with Gasteiger partial charge in [-0.1, -0.05) is 46.3 Å². The molecule has 4 aliphatic carbocycles. The molecule has 260 valence electrons. The van der Waals surface area contributed by atoms with Crippen molar-refractivity contribution in [1.82, 2.24) is 0 Å². The standard InChI is InChI=1S/C36H62O9/c1-20(18-37)9-8-14-35(6,45-31-30(43)29(42)28(41)23(19-38)44-31)22-12-16-34(5)21(22)10-11-24-33(4)15-13-26(39)32(2,3)25(33)17-27(40)36(24,34)7/h9,21-31,37-43H,8,10-19H2,1-7H3/b20-9-/t21-,22+,23?,24-,25+,26+,27+,28?,29?,30?,31?,33-,34-,35+,36+/m1/s1. The lowest BCUT2D eigenvalue weighted by Gasteiger charge is -2.71. The molecule has 9 nitrogen and oxygen atoms in total. The van der Waals surface area contributed by atoms with E-state index in [0.717, 1.165) is 44.1 Å². The van der Waals surface area contributed by atoms with Gasteiger partial charge in [-0.3, -0.25) is 0 Å². The van der Waals surface area contributed by atoms with Crippen molar-refractivity contribution in [3.63, 3.8) is 0 Å². The summed E-state index contributed by atoms with van der Waals surface area (Å²) in [4.78, 5) is 0. The third-order valence-electron chi connectivity index (χ3n) is 14.9. The highest BCUT2D eigenvalue weighted by Gasteiger charge is 2.72. The molecule has 0 aromatic heterocycles. The van der Waals surface area contributed by atoms with E-state index in [9.17, 15) is 35.7 Å². The molecule has 9 heteroatoms. The second-order valence-electron chi connectivity index (χ2n) is 17.1. The van der Waals surface area contributed by atoms with Crippen LogP contribution in [-0.2, 0) is 9.47 Å². The van der Waals surface area contributed by atoms with Crippen LogP contribution in [0.25, 0.3) is 0 Å². The van der Waals surface area contributed by atoms with Crippen molar-refractivity contribution >= 4 is 0 Å². The normalized spacial score (nSPS) is 51.2. The molecule has 5 rings (SSSR count). The molecule has 4 saturated carbocycles. The molecule has 7 N–H and O–H groups in total. The van der Waals surface area contributed by atoms with Crippen LogP contribution < -0.4 is 0 Å². The van der Waals surface area contributed by atoms with E-state index < -0.39 is 49.0 Å². The van der Waals surface area contributed by atoms with E-state index in [-0.39, 0.29) is 52.1 Å². The highest BCUT2D eigenvalue weighted by atomic mass is 16.7. The van der Waals surface area contributed by atoms with Gasteiger partial charge in [-0.15, -0.1) is 0 Å². The number of hydrogen-bond donors (Lipinski definition) is 7. The van der Waals surface area contributed by atoms with Gasteiger partial charge in [0, 0.05) is 5.41 Å². The molecule has 0 aromatic carbocycles. The number of fused-ring (bicyclic) bond motifs is 5. The van der Waals surface area contributed by atoms with Crippen LogP contribution in [0.2, 0.25) is 0 Å². The Morgan fingerprint density at radius 3 is 2.20 bits per heavy atom. The molecule has 1 aliphatic heterocycles. The summed E-state index contributed by atoms with van der Waals surface area (Å²) in [6, 6.07) is 0. The van der Waals surface area contributed by atoms with Crippen LogP contribution in [0.5, 0.6) is 0 Å². The predicted molar refractivity (Wildman–Crippen MR) is 170 cm³/mol. The second-order valence-corrected chi connectivity index (χ2v) is 17.1. The first-order valence-electron chi connectivity index (χ1n) is 17.5. The Bertz CT molecular complexity index is 1090. The number of ether oxygens (including phenoxy) is 2. The van der Waals surface area contributed by atoms with Crippen LogP contribution in [0.15, 0.2) is 11.6 Å². The van der Waals surface area contributed by atoms with Crippen LogP contribution in [0.4, 0.5) is 0 Å². The fourth-order valence-corrected chi connectivity index (χ4v) is 11.8. The van der Waals surface area contributed by atoms with Crippen molar-refractivity contribution in [2.24, 2.45) is 45.3 Å². The molecular formula is C36H62O9. The molecule has 0 amide bonds. The third-order valence-corrected chi connectivity index (χ3v) is 14.9. The summed E-state index contributed by atoms with van der Waals surface area (Å²) < 4.78 is 12.6. The Hall–Kier alpha value is -0.620. The van der Waals surface area contributed by atoms with E-state index in [1.165, 1.54) is 0 Å². The van der Waals surface area contributed by atoms with Crippen LogP contribution in [0, 0.1) is 45.3 Å². The first-order chi connectivity index (χ1) is 20.9. The smallest absolute Gasteiger partial charge is 0.187 e. The zero-order valence-electron chi connectivity index (χ0n) is 28.7. The second kappa shape index (κ2) is 12.4. The SMILES string of the molecule is C/C(=C/CC[C@](C)(OC1OC(CO)C(O)C(O)C1O)[C@H]1CC[C@]2(C)[C@@H]1CC[C@@H]1[C@@]3(C)CC[C@H](O)C(C)(C)[C@@H]3C[C@H](O)[C@]12C)CO. The molecule has 0 aromatic rings. The van der Waals surface area contributed by atoms with Crippen molar-refractivity contribution in [3.8, 4) is 0 Å². The largest absolute Gasteiger partial charge is 0.394 e. The molecular weight excluding hydrogens is 576 g/mol. The first kappa shape index (κ1) is 35.7. The number of hydrogen-bond acceptors (Lipinski definition) is 9. The molecule has 1 heterocycles. The quantitative estimate of drug-likeness (QED) is 0.198. The van der Waals surface area contributed by atoms with Crippen molar-refractivity contribution in [3.05, 3.63) is 11.6 Å². The Kier molecular flexibility index (Phi) is 9.80. The van der Waals surface area contributed by atoms with Crippen molar-refractivity contribution < 1.29 is 45.2 Å². The zero-order chi connectivity index (χ0) is 33.3. The molecule has 5 fully saturated rings. The van der Waals surface area contributed by atoms with Gasteiger partial charge in [-0.2, -0.15) is 0 Å². The van der Waals surface area contributed by atoms with Gasteiger partial charge in [0.1, 0.15) is 24.4 Å². The van der Waals surface area contributed by atoms with E-state index in [1.54, 1.807) is 0 Å². The summed E-state index contributed by atoms with van der Waals surface area (Å²) in [7, 11) is 0. The number of aliphatic hydroxyl groups excluding tert-OH is 7. The summed E-state index contributed by atoms with van der Waals surface area (Å²) in [5.41, 5.74) is -0.678. The number of aliphatic hydroxyl groups is 7. The Labute approximate surface area is 270 Å². The first-order valence-corrected chi connectivity index (χ1v) is 17.5. The van der Waals surface area contributed by atoms with Gasteiger partial charge < -0.3 is 45.2 Å². The number of allylic oxidation sites excluding steroid dienone is 1. The summed E-state index contributed by atoms with van der Waals surface area (Å²) in [5.74, 6) is 0.852. The minimum atomic E-state index is -1.52. The number of rotatable bonds is 8. The predicted octanol–water partition coefficient (Wildman–Crippen LogP) is 3.30. The molecule has 1 saturated heterocycles. The monoisotopic (exact) mass is 638 g/mol. The van der Waals surface area contributed by atoms with Crippen LogP contribution >= 0.6 is 0 Å². The highest BCUT2D eigenvalue weighted by molar-refractivity contribution is 5.21. The summed E-state index contributed by atoms with van der Waals surface area (Å²) >= 11 is 0. The summed E-state index contributed by atoms with van der Waals surface area (Å²) in [5, 5.41) is 74.6. The van der Waals surface area contributed by atoms with Gasteiger partial charge in [-0.25, -0.2) is 0 Å². The van der Waals surface area contributed by atoms with Gasteiger partial charge in [0.15, 0.2) is 6.29 Å². The lowest BCUT2D eigenvalue weighted by Crippen LogP contribution is -2.68. The maximum absolute atomic E-state index is 12.2. The van der Waals surface area contributed by atoms with Gasteiger partial charge >= 0.3 is 0 Å². The van der Waals surface area contributed by atoms with Gasteiger partial charge in [0.25, 0.3) is 0 Å². The Balaban J connectivity index is 1.48. The summed E-state index contributed by atoms with van der Waals surface area (Å²) in [6.07, 6.45) is 1.84. The fourth-order valence-electron chi connectivity index (χ4n) is 11.8. The van der Waals surface area contributed by atoms with Gasteiger partial charge in [0.05, 0.1) is 31.0 Å². The molecule has 45 heavy (non-hydrogen) atoms. The average Bonchev–Trinajstić information content (AvgIpc) is 3.36. The molecule has 0 radical (unpaired) electrons. The van der Waals surface area contributed by atoms with E-state index in [4.69, 9.17) is 9.47 Å². The van der Waals surface area contributed by atoms with Gasteiger partial charge in [0.2, 0.25) is 0 Å². The maximum atomic E-state index is 12.2. The van der Waals surface area contributed by atoms with E-state index in [1.807, 2.05) is 13.0 Å². The molecule has 0 bridgehead atoms. The minimum absolute atomic E-state index is 0.0194. The molecule has 15 atom stereocenters. The minimum Gasteiger partial charge on any atom is -0.394 e. The molecule has 0 spiro atoms. The van der Waals surface area contributed by atoms with Crippen molar-refractivity contribution in [2.45, 2.75) is 155 Å². The topological polar surface area (TPSA) is 160 Å². The van der Waals surface area contributed by atoms with Crippen molar-refractivity contribution in [2.75, 3.05) is 13.2 Å². The molecule has 5 aliphatic rings. The lowest BCUT2D eigenvalue weighted by molar-refractivity contribution is -0.335. The van der Waals surface area contributed by atoms with Crippen LogP contribution in [0.3, 0.4) is 0 Å². The van der Waals surface area contributed by atoms with Crippen LogP contribution in [-0.4, -0.2) is 97.5 Å². The van der Waals surface area contributed by atoms with E-state index in [0.29, 0.717) is 25.2 Å². The van der Waals surface area contributed by atoms with E-state index >= 15 is 0 Å². The summed E-state index contributed by atoms with van der Waals surface area (Å²) in [6.45, 7) is 14.9. The average molecular weight is 639 g/mol. The van der Waals surface area contributed by atoms with Gasteiger partial charge in [-0.05, 0) is 112 Å². The van der Waals surface area contributed by atoms with E-state index in [2.05, 4.69) is 41.5 Å². The zero-order valence-corrected chi connectivity index (χ0v) is 28.7. The fraction of sp³-hybridized carbons (Fsp3) is 0.944. The Morgan fingerprint density at radius 2 is 1.56 bits per heavy atom. The lowest BCUT2D eigenvalue weighted by atomic mass is 9.34. The van der Waals surface area contributed by atoms with Crippen LogP contribution in [0.1, 0.15) is 106 Å². The Morgan fingerprint density at radius 1 is 0.867 bits per heavy atom. The highest BCUT2D eigenvalue weighted by Crippen LogP contribution is 2.76.